The molecule has 1 saturated heterocycles. The third kappa shape index (κ3) is 3.13. The lowest BCUT2D eigenvalue weighted by molar-refractivity contribution is 0.275. The molecule has 1 aliphatic rings. The van der Waals surface area contributed by atoms with Crippen LogP contribution in [0.25, 0.3) is 0 Å². The standard InChI is InChI=1S/C12H14N2O.ClH/c1-2-11-12(6-4-8-14-11)15-9-10-5-3-7-13-10;/h1,4,6,8,10,13H,3,5,7,9H2;1H/t10-;/m0./s1. The second-order valence-electron chi connectivity index (χ2n) is 3.60. The number of halogens is 1. The average molecular weight is 239 g/mol. The van der Waals surface area contributed by atoms with Gasteiger partial charge in [0.05, 0.1) is 0 Å². The molecule has 0 aromatic carbocycles. The van der Waals surface area contributed by atoms with Crippen LogP contribution in [0.4, 0.5) is 0 Å². The molecular formula is C12H15ClN2O. The van der Waals surface area contributed by atoms with Crippen molar-refractivity contribution in [3.05, 3.63) is 24.0 Å². The highest BCUT2D eigenvalue weighted by atomic mass is 35.5. The lowest BCUT2D eigenvalue weighted by Crippen LogP contribution is -2.28. The van der Waals surface area contributed by atoms with E-state index in [4.69, 9.17) is 11.2 Å². The Balaban J connectivity index is 0.00000128. The average Bonchev–Trinajstić information content (AvgIpc) is 2.79. The molecule has 86 valence electrons. The van der Waals surface area contributed by atoms with Crippen LogP contribution in [0.15, 0.2) is 18.3 Å². The molecule has 3 nitrogen and oxygen atoms in total. The summed E-state index contributed by atoms with van der Waals surface area (Å²) in [5.74, 6) is 3.22. The van der Waals surface area contributed by atoms with Crippen LogP contribution in [0.5, 0.6) is 5.75 Å². The molecule has 1 aromatic rings. The maximum Gasteiger partial charge on any atom is 0.154 e. The molecule has 1 fully saturated rings. The van der Waals surface area contributed by atoms with Crippen LogP contribution in [0.3, 0.4) is 0 Å². The molecular weight excluding hydrogens is 224 g/mol. The molecule has 2 rings (SSSR count). The van der Waals surface area contributed by atoms with Gasteiger partial charge in [-0.15, -0.1) is 18.8 Å². The maximum absolute atomic E-state index is 5.64. The summed E-state index contributed by atoms with van der Waals surface area (Å²) in [7, 11) is 0. The number of nitrogens with one attached hydrogen (secondary N) is 1. The van der Waals surface area contributed by atoms with Gasteiger partial charge >= 0.3 is 0 Å². The van der Waals surface area contributed by atoms with Crippen molar-refractivity contribution >= 4 is 12.4 Å². The third-order valence-corrected chi connectivity index (χ3v) is 2.51. The summed E-state index contributed by atoms with van der Waals surface area (Å²) >= 11 is 0. The summed E-state index contributed by atoms with van der Waals surface area (Å²) in [6, 6.07) is 4.14. The molecule has 0 saturated carbocycles. The van der Waals surface area contributed by atoms with Crippen LogP contribution in [0, 0.1) is 12.3 Å². The molecule has 1 N–H and O–H groups in total. The molecule has 1 atom stereocenters. The minimum absolute atomic E-state index is 0. The zero-order chi connectivity index (χ0) is 10.5. The van der Waals surface area contributed by atoms with Gasteiger partial charge in [-0.2, -0.15) is 0 Å². The number of rotatable bonds is 3. The normalized spacial score (nSPS) is 18.6. The van der Waals surface area contributed by atoms with E-state index in [1.807, 2.05) is 12.1 Å². The Morgan fingerprint density at radius 1 is 1.62 bits per heavy atom. The molecule has 0 aliphatic carbocycles. The van der Waals surface area contributed by atoms with Crippen molar-refractivity contribution in [3.63, 3.8) is 0 Å². The zero-order valence-electron chi connectivity index (χ0n) is 8.98. The summed E-state index contributed by atoms with van der Waals surface area (Å²) in [5.41, 5.74) is 0.579. The van der Waals surface area contributed by atoms with Gasteiger partial charge in [-0.3, -0.25) is 0 Å². The molecule has 0 amide bonds. The Morgan fingerprint density at radius 2 is 2.50 bits per heavy atom. The van der Waals surface area contributed by atoms with E-state index in [-0.39, 0.29) is 12.4 Å². The maximum atomic E-state index is 5.64. The number of hydrogen-bond donors (Lipinski definition) is 1. The summed E-state index contributed by atoms with van der Waals surface area (Å²) in [5, 5.41) is 3.37. The van der Waals surface area contributed by atoms with Crippen LogP contribution in [-0.4, -0.2) is 24.2 Å². The summed E-state index contributed by atoms with van der Waals surface area (Å²) < 4.78 is 5.64. The van der Waals surface area contributed by atoms with Gasteiger partial charge in [0.1, 0.15) is 6.61 Å². The summed E-state index contributed by atoms with van der Waals surface area (Å²) in [6.07, 6.45) is 9.40. The van der Waals surface area contributed by atoms with Crippen molar-refractivity contribution < 1.29 is 4.74 Å². The Labute approximate surface area is 102 Å². The van der Waals surface area contributed by atoms with E-state index in [0.29, 0.717) is 24.1 Å². The first-order chi connectivity index (χ1) is 7.40. The van der Waals surface area contributed by atoms with Gasteiger partial charge in [0, 0.05) is 12.2 Å². The Morgan fingerprint density at radius 3 is 3.19 bits per heavy atom. The Bertz CT molecular complexity index is 370. The smallest absolute Gasteiger partial charge is 0.154 e. The van der Waals surface area contributed by atoms with Crippen molar-refractivity contribution in [2.45, 2.75) is 18.9 Å². The van der Waals surface area contributed by atoms with E-state index in [1.165, 1.54) is 12.8 Å². The zero-order valence-corrected chi connectivity index (χ0v) is 9.80. The quantitative estimate of drug-likeness (QED) is 0.813. The highest BCUT2D eigenvalue weighted by Gasteiger charge is 2.14. The third-order valence-electron chi connectivity index (χ3n) is 2.51. The fourth-order valence-corrected chi connectivity index (χ4v) is 1.70. The first-order valence-corrected chi connectivity index (χ1v) is 5.18. The molecule has 1 aliphatic heterocycles. The van der Waals surface area contributed by atoms with E-state index in [1.54, 1.807) is 6.20 Å². The molecule has 0 bridgehead atoms. The van der Waals surface area contributed by atoms with E-state index in [2.05, 4.69) is 16.2 Å². The van der Waals surface area contributed by atoms with Gasteiger partial charge in [0.15, 0.2) is 11.4 Å². The van der Waals surface area contributed by atoms with Gasteiger partial charge < -0.3 is 10.1 Å². The van der Waals surface area contributed by atoms with Gasteiger partial charge in [0.25, 0.3) is 0 Å². The lowest BCUT2D eigenvalue weighted by Gasteiger charge is -2.12. The predicted octanol–water partition coefficient (Wildman–Crippen LogP) is 1.62. The summed E-state index contributed by atoms with van der Waals surface area (Å²) in [4.78, 5) is 4.06. The molecule has 2 heterocycles. The van der Waals surface area contributed by atoms with Crippen molar-refractivity contribution in [2.75, 3.05) is 13.2 Å². The number of pyridine rings is 1. The topological polar surface area (TPSA) is 34.1 Å². The molecule has 0 spiro atoms. The second kappa shape index (κ2) is 6.37. The Kier molecular flexibility index (Phi) is 5.10. The largest absolute Gasteiger partial charge is 0.489 e. The van der Waals surface area contributed by atoms with Crippen LogP contribution >= 0.6 is 12.4 Å². The minimum atomic E-state index is 0. The minimum Gasteiger partial charge on any atom is -0.489 e. The predicted molar refractivity (Wildman–Crippen MR) is 65.9 cm³/mol. The van der Waals surface area contributed by atoms with Crippen molar-refractivity contribution in [3.8, 4) is 18.1 Å². The van der Waals surface area contributed by atoms with Gasteiger partial charge in [0.2, 0.25) is 0 Å². The van der Waals surface area contributed by atoms with Crippen molar-refractivity contribution in [2.24, 2.45) is 0 Å². The molecule has 4 heteroatoms. The SMILES string of the molecule is C#Cc1ncccc1OC[C@@H]1CCCN1.Cl. The molecule has 1 aromatic heterocycles. The van der Waals surface area contributed by atoms with Crippen LogP contribution in [-0.2, 0) is 0 Å². The first-order valence-electron chi connectivity index (χ1n) is 5.18. The highest BCUT2D eigenvalue weighted by Crippen LogP contribution is 2.15. The van der Waals surface area contributed by atoms with Crippen molar-refractivity contribution in [1.82, 2.24) is 10.3 Å². The second-order valence-corrected chi connectivity index (χ2v) is 3.60. The molecule has 0 radical (unpaired) electrons. The van der Waals surface area contributed by atoms with Gasteiger partial charge in [-0.1, -0.05) is 0 Å². The lowest BCUT2D eigenvalue weighted by atomic mass is 10.2. The fraction of sp³-hybridized carbons (Fsp3) is 0.417. The fourth-order valence-electron chi connectivity index (χ4n) is 1.70. The molecule has 16 heavy (non-hydrogen) atoms. The van der Waals surface area contributed by atoms with E-state index in [0.717, 1.165) is 6.54 Å². The first kappa shape index (κ1) is 12.8. The number of ether oxygens (including phenoxy) is 1. The van der Waals surface area contributed by atoms with E-state index >= 15 is 0 Å². The number of hydrogen-bond acceptors (Lipinski definition) is 3. The number of terminal acetylenes is 1. The van der Waals surface area contributed by atoms with Crippen molar-refractivity contribution in [1.29, 1.82) is 0 Å². The summed E-state index contributed by atoms with van der Waals surface area (Å²) in [6.45, 7) is 1.75. The van der Waals surface area contributed by atoms with E-state index in [9.17, 15) is 0 Å². The van der Waals surface area contributed by atoms with E-state index < -0.39 is 0 Å². The number of nitrogens with zero attached hydrogens (tertiary/aromatic N) is 1. The monoisotopic (exact) mass is 238 g/mol. The van der Waals surface area contributed by atoms with Crippen LogP contribution in [0.2, 0.25) is 0 Å². The van der Waals surface area contributed by atoms with Gasteiger partial charge in [-0.05, 0) is 37.4 Å². The van der Waals surface area contributed by atoms with Gasteiger partial charge in [-0.25, -0.2) is 4.98 Å². The Hall–Kier alpha value is -1.24. The van der Waals surface area contributed by atoms with Crippen LogP contribution < -0.4 is 10.1 Å². The highest BCUT2D eigenvalue weighted by molar-refractivity contribution is 5.85. The number of aromatic nitrogens is 1. The van der Waals surface area contributed by atoms with Crippen LogP contribution in [0.1, 0.15) is 18.5 Å². The molecule has 0 unspecified atom stereocenters.